The number of aliphatic hydroxyl groups is 2. The van der Waals surface area contributed by atoms with Crippen molar-refractivity contribution in [3.63, 3.8) is 0 Å². The Bertz CT molecular complexity index is 1220. The number of hydrogen-bond donors (Lipinski definition) is 3. The summed E-state index contributed by atoms with van der Waals surface area (Å²) in [5.74, 6) is -0.527. The van der Waals surface area contributed by atoms with Gasteiger partial charge in [0.15, 0.2) is 0 Å². The van der Waals surface area contributed by atoms with Gasteiger partial charge in [0.25, 0.3) is 0 Å². The van der Waals surface area contributed by atoms with Crippen molar-refractivity contribution in [1.29, 1.82) is 0 Å². The molecule has 0 aliphatic heterocycles. The molecule has 0 aromatic carbocycles. The zero-order valence-corrected chi connectivity index (χ0v) is 45.9. The number of nitrogens with one attached hydrogen (secondary N) is 1. The topological polar surface area (TPSA) is 95.9 Å². The van der Waals surface area contributed by atoms with Gasteiger partial charge in [-0.2, -0.15) is 0 Å². The lowest BCUT2D eigenvalue weighted by Crippen LogP contribution is -2.46. The fourth-order valence-corrected chi connectivity index (χ4v) is 9.02. The average molecular weight is 967 g/mol. The van der Waals surface area contributed by atoms with Crippen molar-refractivity contribution in [2.24, 2.45) is 0 Å². The van der Waals surface area contributed by atoms with Crippen molar-refractivity contribution < 1.29 is 24.5 Å². The number of esters is 1. The molecule has 0 radical (unpaired) electrons. The molecule has 3 unspecified atom stereocenters. The zero-order valence-electron chi connectivity index (χ0n) is 45.9. The molecule has 0 fully saturated rings. The highest BCUT2D eigenvalue weighted by Crippen LogP contribution is 2.18. The summed E-state index contributed by atoms with van der Waals surface area (Å²) in [6.07, 6.45) is 71.5. The van der Waals surface area contributed by atoms with Crippen LogP contribution in [0.3, 0.4) is 0 Å². The van der Waals surface area contributed by atoms with Gasteiger partial charge < -0.3 is 20.3 Å². The highest BCUT2D eigenvalue weighted by atomic mass is 16.5. The van der Waals surface area contributed by atoms with E-state index >= 15 is 0 Å². The second-order valence-corrected chi connectivity index (χ2v) is 20.4. The molecule has 3 atom stereocenters. The number of carbonyl (C=O) groups excluding carboxylic acids is 2. The molecule has 6 heteroatoms. The van der Waals surface area contributed by atoms with Crippen LogP contribution in [0.5, 0.6) is 0 Å². The van der Waals surface area contributed by atoms with E-state index in [4.69, 9.17) is 4.74 Å². The number of aliphatic hydroxyl groups excluding tert-OH is 2. The van der Waals surface area contributed by atoms with E-state index in [9.17, 15) is 19.8 Å². The normalized spacial score (nSPS) is 13.5. The van der Waals surface area contributed by atoms with Gasteiger partial charge >= 0.3 is 5.97 Å². The van der Waals surface area contributed by atoms with Gasteiger partial charge in [-0.3, -0.25) is 9.59 Å². The minimum Gasteiger partial charge on any atom is -0.462 e. The maximum absolute atomic E-state index is 13.3. The Morgan fingerprint density at radius 1 is 0.435 bits per heavy atom. The predicted octanol–water partition coefficient (Wildman–Crippen LogP) is 18.7. The Kier molecular flexibility index (Phi) is 54.5. The maximum atomic E-state index is 13.3. The lowest BCUT2D eigenvalue weighted by Gasteiger charge is -2.24. The fraction of sp³-hybridized carbons (Fsp3) is 0.810. The van der Waals surface area contributed by atoms with Crippen LogP contribution in [-0.4, -0.2) is 46.9 Å². The first-order chi connectivity index (χ1) is 34.0. The van der Waals surface area contributed by atoms with Crippen LogP contribution in [0.1, 0.15) is 303 Å². The number of rotatable bonds is 54. The molecule has 0 spiro atoms. The Labute approximate surface area is 428 Å². The van der Waals surface area contributed by atoms with Gasteiger partial charge in [-0.15, -0.1) is 0 Å². The molecule has 0 aromatic rings. The minimum atomic E-state index is -0.804. The molecular weight excluding hydrogens is 851 g/mol. The van der Waals surface area contributed by atoms with Crippen LogP contribution in [0.15, 0.2) is 60.8 Å². The van der Waals surface area contributed by atoms with Gasteiger partial charge in [-0.05, 0) is 83.5 Å². The zero-order chi connectivity index (χ0) is 50.2. The largest absolute Gasteiger partial charge is 0.462 e. The molecule has 69 heavy (non-hydrogen) atoms. The lowest BCUT2D eigenvalue weighted by atomic mass is 10.0. The van der Waals surface area contributed by atoms with E-state index in [1.807, 2.05) is 0 Å². The molecule has 0 bridgehead atoms. The van der Waals surface area contributed by atoms with Crippen molar-refractivity contribution in [2.45, 2.75) is 322 Å². The molecule has 0 saturated heterocycles. The summed E-state index contributed by atoms with van der Waals surface area (Å²) >= 11 is 0. The summed E-state index contributed by atoms with van der Waals surface area (Å²) in [7, 11) is 0. The van der Waals surface area contributed by atoms with E-state index in [1.54, 1.807) is 0 Å². The van der Waals surface area contributed by atoms with Gasteiger partial charge in [0.1, 0.15) is 6.10 Å². The van der Waals surface area contributed by atoms with Crippen LogP contribution in [0.2, 0.25) is 0 Å². The molecule has 3 N–H and O–H groups in total. The van der Waals surface area contributed by atoms with Crippen LogP contribution in [0.4, 0.5) is 0 Å². The van der Waals surface area contributed by atoms with Crippen LogP contribution in [0.25, 0.3) is 0 Å². The number of carbonyl (C=O) groups is 2. The fourth-order valence-electron chi connectivity index (χ4n) is 9.02. The molecular formula is C63H115NO5. The highest BCUT2D eigenvalue weighted by Gasteiger charge is 2.24. The van der Waals surface area contributed by atoms with Crippen molar-refractivity contribution >= 4 is 11.9 Å². The van der Waals surface area contributed by atoms with Gasteiger partial charge in [-0.25, -0.2) is 0 Å². The van der Waals surface area contributed by atoms with Crippen molar-refractivity contribution in [2.75, 3.05) is 6.61 Å². The molecule has 0 rings (SSSR count). The maximum Gasteiger partial charge on any atom is 0.306 e. The smallest absolute Gasteiger partial charge is 0.306 e. The molecule has 0 aliphatic carbocycles. The van der Waals surface area contributed by atoms with Crippen LogP contribution < -0.4 is 5.32 Å². The molecule has 1 amide bonds. The summed E-state index contributed by atoms with van der Waals surface area (Å²) in [5, 5.41) is 23.9. The average Bonchev–Trinajstić information content (AvgIpc) is 3.34. The molecule has 0 heterocycles. The first-order valence-electron chi connectivity index (χ1n) is 30.0. The van der Waals surface area contributed by atoms with E-state index in [0.29, 0.717) is 19.3 Å². The van der Waals surface area contributed by atoms with E-state index in [0.717, 1.165) is 77.0 Å². The summed E-state index contributed by atoms with van der Waals surface area (Å²) in [4.78, 5) is 26.3. The van der Waals surface area contributed by atoms with E-state index in [1.165, 1.54) is 180 Å². The number of ether oxygens (including phenoxy) is 1. The third-order valence-corrected chi connectivity index (χ3v) is 13.6. The molecule has 0 aliphatic rings. The highest BCUT2D eigenvalue weighted by molar-refractivity contribution is 5.77. The minimum absolute atomic E-state index is 0.0391. The number of amides is 1. The van der Waals surface area contributed by atoms with Gasteiger partial charge in [0.2, 0.25) is 5.91 Å². The first kappa shape index (κ1) is 66.6. The SMILES string of the molecule is CCCCC/C=C\C/C=C\C/C=C\CCCCCCCCC(=O)OC(CCC/C=C/C=C/CCCCCCCCC)CC(=O)NC(CO)C(O)CCCCCCCCCCCCCCCCCCC. The van der Waals surface area contributed by atoms with Crippen LogP contribution in [0, 0.1) is 0 Å². The van der Waals surface area contributed by atoms with Crippen LogP contribution in [-0.2, 0) is 14.3 Å². The standard InChI is InChI=1S/C63H115NO5/c1-4-7-10-13-16-19-22-25-28-30-31-33-35-38-41-44-47-50-53-56-63(68)69-59(54-51-48-45-42-39-36-27-24-21-18-15-12-9-6-3)57-62(67)64-60(58-65)61(66)55-52-49-46-43-40-37-34-32-29-26-23-20-17-14-11-8-5-2/h16,19,25,28,31,33,36,39,42,45,59-61,65-66H,4-15,17-18,20-24,26-27,29-30,32,34-35,37-38,40-41,43-44,46-58H2,1-3H3,(H,64,67)/b19-16-,28-25-,33-31-,39-36+,45-42+. The monoisotopic (exact) mass is 966 g/mol. The summed E-state index contributed by atoms with van der Waals surface area (Å²) in [5.41, 5.74) is 0. The van der Waals surface area contributed by atoms with E-state index in [2.05, 4.69) is 86.8 Å². The van der Waals surface area contributed by atoms with E-state index < -0.39 is 18.2 Å². The predicted molar refractivity (Wildman–Crippen MR) is 301 cm³/mol. The molecule has 6 nitrogen and oxygen atoms in total. The second kappa shape index (κ2) is 56.5. The van der Waals surface area contributed by atoms with Crippen molar-refractivity contribution in [1.82, 2.24) is 5.32 Å². The Morgan fingerprint density at radius 3 is 1.26 bits per heavy atom. The van der Waals surface area contributed by atoms with Gasteiger partial charge in [0.05, 0.1) is 25.2 Å². The molecule has 0 saturated carbocycles. The number of allylic oxidation sites excluding steroid dienone is 10. The summed E-state index contributed by atoms with van der Waals surface area (Å²) in [6.45, 7) is 6.47. The number of hydrogen-bond acceptors (Lipinski definition) is 5. The third-order valence-electron chi connectivity index (χ3n) is 13.6. The molecule has 402 valence electrons. The quantitative estimate of drug-likeness (QED) is 0.0244. The Balaban J connectivity index is 4.58. The van der Waals surface area contributed by atoms with Gasteiger partial charge in [0, 0.05) is 6.42 Å². The summed E-state index contributed by atoms with van der Waals surface area (Å²) < 4.78 is 5.94. The van der Waals surface area contributed by atoms with Crippen LogP contribution >= 0.6 is 0 Å². The molecule has 0 aromatic heterocycles. The number of unbranched alkanes of at least 4 members (excludes halogenated alkanes) is 33. The second-order valence-electron chi connectivity index (χ2n) is 20.4. The summed E-state index contributed by atoms with van der Waals surface area (Å²) in [6, 6.07) is -0.721. The Morgan fingerprint density at radius 2 is 0.797 bits per heavy atom. The third kappa shape index (κ3) is 51.7. The van der Waals surface area contributed by atoms with Gasteiger partial charge in [-0.1, -0.05) is 268 Å². The lowest BCUT2D eigenvalue weighted by molar-refractivity contribution is -0.151. The van der Waals surface area contributed by atoms with Crippen molar-refractivity contribution in [3.8, 4) is 0 Å². The van der Waals surface area contributed by atoms with E-state index in [-0.39, 0.29) is 24.9 Å². The Hall–Kier alpha value is -2.44. The van der Waals surface area contributed by atoms with Crippen molar-refractivity contribution in [3.05, 3.63) is 60.8 Å². The first-order valence-corrected chi connectivity index (χ1v) is 30.0.